The van der Waals surface area contributed by atoms with E-state index in [-0.39, 0.29) is 0 Å². The summed E-state index contributed by atoms with van der Waals surface area (Å²) in [5.41, 5.74) is 0. The van der Waals surface area contributed by atoms with Crippen LogP contribution < -0.4 is 5.32 Å². The van der Waals surface area contributed by atoms with Crippen molar-refractivity contribution in [3.05, 3.63) is 0 Å². The van der Waals surface area contributed by atoms with E-state index in [4.69, 9.17) is 4.74 Å². The number of ether oxygens (including phenoxy) is 1. The van der Waals surface area contributed by atoms with Gasteiger partial charge < -0.3 is 15.0 Å². The molecule has 1 rings (SSSR count). The van der Waals surface area contributed by atoms with Crippen LogP contribution in [0.3, 0.4) is 0 Å². The fraction of sp³-hybridized carbons (Fsp3) is 1.00. The first-order valence-electron chi connectivity index (χ1n) is 7.23. The number of nitrogens with one attached hydrogen (secondary N) is 1. The van der Waals surface area contributed by atoms with Crippen LogP contribution in [0, 0.1) is 0 Å². The lowest BCUT2D eigenvalue weighted by Crippen LogP contribution is -2.33. The number of rotatable bonds is 8. The lowest BCUT2D eigenvalue weighted by atomic mass is 9.93. The van der Waals surface area contributed by atoms with Crippen molar-refractivity contribution >= 4 is 0 Å². The second-order valence-corrected chi connectivity index (χ2v) is 5.29. The van der Waals surface area contributed by atoms with Crippen molar-refractivity contribution in [2.75, 3.05) is 33.8 Å². The zero-order valence-corrected chi connectivity index (χ0v) is 11.9. The Balaban J connectivity index is 1.96. The Hall–Kier alpha value is -0.120. The molecule has 0 bridgehead atoms. The van der Waals surface area contributed by atoms with Gasteiger partial charge in [0.15, 0.2) is 0 Å². The molecule has 1 N–H and O–H groups in total. The third-order valence-electron chi connectivity index (χ3n) is 3.73. The molecule has 0 amide bonds. The molecule has 0 aromatic carbocycles. The first kappa shape index (κ1) is 14.9. The van der Waals surface area contributed by atoms with E-state index in [0.717, 1.165) is 12.6 Å². The molecule has 0 heterocycles. The summed E-state index contributed by atoms with van der Waals surface area (Å²) < 4.78 is 5.95. The minimum Gasteiger partial charge on any atom is -0.378 e. The van der Waals surface area contributed by atoms with Crippen molar-refractivity contribution < 1.29 is 4.74 Å². The van der Waals surface area contributed by atoms with Crippen LogP contribution in [0.2, 0.25) is 0 Å². The van der Waals surface area contributed by atoms with Crippen LogP contribution in [-0.4, -0.2) is 50.8 Å². The first-order chi connectivity index (χ1) is 8.26. The summed E-state index contributed by atoms with van der Waals surface area (Å²) in [5.74, 6) is 0. The third kappa shape index (κ3) is 6.39. The molecule has 1 saturated carbocycles. The zero-order chi connectivity index (χ0) is 12.5. The highest BCUT2D eigenvalue weighted by Gasteiger charge is 2.19. The van der Waals surface area contributed by atoms with E-state index in [9.17, 15) is 0 Å². The first-order valence-corrected chi connectivity index (χ1v) is 7.23. The summed E-state index contributed by atoms with van der Waals surface area (Å²) >= 11 is 0. The molecule has 0 aromatic heterocycles. The van der Waals surface area contributed by atoms with Gasteiger partial charge in [0.2, 0.25) is 0 Å². The van der Waals surface area contributed by atoms with Gasteiger partial charge in [-0.15, -0.1) is 0 Å². The van der Waals surface area contributed by atoms with Gasteiger partial charge in [-0.1, -0.05) is 6.92 Å². The Morgan fingerprint density at radius 1 is 1.18 bits per heavy atom. The molecule has 17 heavy (non-hydrogen) atoms. The number of hydrogen-bond donors (Lipinski definition) is 1. The number of hydrogen-bond acceptors (Lipinski definition) is 3. The summed E-state index contributed by atoms with van der Waals surface area (Å²) in [5, 5.41) is 3.36. The molecule has 0 atom stereocenters. The van der Waals surface area contributed by atoms with Crippen LogP contribution in [0.4, 0.5) is 0 Å². The highest BCUT2D eigenvalue weighted by Crippen LogP contribution is 2.20. The Morgan fingerprint density at radius 2 is 1.88 bits per heavy atom. The highest BCUT2D eigenvalue weighted by molar-refractivity contribution is 4.76. The molecular formula is C14H30N2O. The minimum absolute atomic E-state index is 0.524. The Morgan fingerprint density at radius 3 is 2.47 bits per heavy atom. The van der Waals surface area contributed by atoms with Crippen LogP contribution in [0.25, 0.3) is 0 Å². The normalized spacial score (nSPS) is 25.4. The molecule has 0 radical (unpaired) electrons. The van der Waals surface area contributed by atoms with Gasteiger partial charge in [-0.3, -0.25) is 0 Å². The summed E-state index contributed by atoms with van der Waals surface area (Å²) in [6.07, 6.45) is 7.95. The monoisotopic (exact) mass is 242 g/mol. The van der Waals surface area contributed by atoms with E-state index in [1.54, 1.807) is 0 Å². The lowest BCUT2D eigenvalue weighted by Gasteiger charge is -2.28. The SMILES string of the molecule is CCCN(C)CCCOC1CCC(NC)CC1. The molecule has 1 aliphatic rings. The molecule has 0 saturated heterocycles. The van der Waals surface area contributed by atoms with E-state index in [2.05, 4.69) is 31.2 Å². The third-order valence-corrected chi connectivity index (χ3v) is 3.73. The molecule has 0 spiro atoms. The van der Waals surface area contributed by atoms with E-state index < -0.39 is 0 Å². The van der Waals surface area contributed by atoms with Gasteiger partial charge in [-0.2, -0.15) is 0 Å². The Kier molecular flexibility index (Phi) is 7.82. The lowest BCUT2D eigenvalue weighted by molar-refractivity contribution is 0.0192. The second kappa shape index (κ2) is 8.90. The Bertz CT molecular complexity index is 179. The van der Waals surface area contributed by atoms with E-state index in [1.807, 2.05) is 0 Å². The standard InChI is InChI=1S/C14H30N2O/c1-4-10-16(3)11-5-12-17-14-8-6-13(15-2)7-9-14/h13-15H,4-12H2,1-3H3. The molecule has 102 valence electrons. The van der Waals surface area contributed by atoms with Gasteiger partial charge in [0.25, 0.3) is 0 Å². The van der Waals surface area contributed by atoms with Crippen LogP contribution >= 0.6 is 0 Å². The second-order valence-electron chi connectivity index (χ2n) is 5.29. The van der Waals surface area contributed by atoms with Gasteiger partial charge in [-0.25, -0.2) is 0 Å². The van der Waals surface area contributed by atoms with Crippen LogP contribution in [0.15, 0.2) is 0 Å². The van der Waals surface area contributed by atoms with Gasteiger partial charge in [0.1, 0.15) is 0 Å². The maximum absolute atomic E-state index is 5.95. The fourth-order valence-electron chi connectivity index (χ4n) is 2.60. The molecule has 3 heteroatoms. The summed E-state index contributed by atoms with van der Waals surface area (Å²) in [6.45, 7) is 5.53. The smallest absolute Gasteiger partial charge is 0.0576 e. The maximum Gasteiger partial charge on any atom is 0.0576 e. The van der Waals surface area contributed by atoms with Crippen molar-refractivity contribution in [2.24, 2.45) is 0 Å². The Labute approximate surface area is 107 Å². The fourth-order valence-corrected chi connectivity index (χ4v) is 2.60. The average Bonchev–Trinajstić information content (AvgIpc) is 2.36. The topological polar surface area (TPSA) is 24.5 Å². The largest absolute Gasteiger partial charge is 0.378 e. The van der Waals surface area contributed by atoms with Crippen molar-refractivity contribution in [1.82, 2.24) is 10.2 Å². The molecule has 1 fully saturated rings. The molecule has 0 aromatic rings. The molecule has 0 aliphatic heterocycles. The van der Waals surface area contributed by atoms with Crippen LogP contribution in [0.5, 0.6) is 0 Å². The van der Waals surface area contributed by atoms with E-state index in [0.29, 0.717) is 6.10 Å². The van der Waals surface area contributed by atoms with Crippen molar-refractivity contribution in [3.8, 4) is 0 Å². The maximum atomic E-state index is 5.95. The van der Waals surface area contributed by atoms with Crippen LogP contribution in [-0.2, 0) is 4.74 Å². The van der Waals surface area contributed by atoms with Gasteiger partial charge >= 0.3 is 0 Å². The molecule has 1 aliphatic carbocycles. The molecule has 3 nitrogen and oxygen atoms in total. The van der Waals surface area contributed by atoms with Gasteiger partial charge in [0, 0.05) is 19.2 Å². The summed E-state index contributed by atoms with van der Waals surface area (Å²) in [7, 11) is 4.26. The van der Waals surface area contributed by atoms with E-state index >= 15 is 0 Å². The average molecular weight is 242 g/mol. The van der Waals surface area contributed by atoms with Gasteiger partial charge in [-0.05, 0) is 59.2 Å². The van der Waals surface area contributed by atoms with Crippen molar-refractivity contribution in [3.63, 3.8) is 0 Å². The van der Waals surface area contributed by atoms with Gasteiger partial charge in [0.05, 0.1) is 6.10 Å². The predicted molar refractivity (Wildman–Crippen MR) is 73.5 cm³/mol. The van der Waals surface area contributed by atoms with Crippen LogP contribution in [0.1, 0.15) is 45.4 Å². The minimum atomic E-state index is 0.524. The predicted octanol–water partition coefficient (Wildman–Crippen LogP) is 2.27. The van der Waals surface area contributed by atoms with Crippen molar-refractivity contribution in [1.29, 1.82) is 0 Å². The number of nitrogens with zero attached hydrogens (tertiary/aromatic N) is 1. The van der Waals surface area contributed by atoms with E-state index in [1.165, 1.54) is 51.6 Å². The molecular weight excluding hydrogens is 212 g/mol. The summed E-state index contributed by atoms with van der Waals surface area (Å²) in [6, 6.07) is 0.727. The molecule has 0 unspecified atom stereocenters. The summed E-state index contributed by atoms with van der Waals surface area (Å²) in [4.78, 5) is 2.39. The highest BCUT2D eigenvalue weighted by atomic mass is 16.5. The zero-order valence-electron chi connectivity index (χ0n) is 11.9. The van der Waals surface area contributed by atoms with Crippen molar-refractivity contribution in [2.45, 2.75) is 57.6 Å². The quantitative estimate of drug-likeness (QED) is 0.661.